The third-order valence-corrected chi connectivity index (χ3v) is 10.2. The number of ether oxygens (including phenoxy) is 1. The van der Waals surface area contributed by atoms with Gasteiger partial charge in [-0.1, -0.05) is 98.6 Å². The number of fused-ring (bicyclic) bond motifs is 1. The lowest BCUT2D eigenvalue weighted by atomic mass is 9.84. The van der Waals surface area contributed by atoms with Crippen molar-refractivity contribution in [2.75, 3.05) is 6.54 Å². The van der Waals surface area contributed by atoms with Gasteiger partial charge < -0.3 is 26.0 Å². The molecular weight excluding hydrogens is 612 g/mol. The molecule has 3 fully saturated rings. The van der Waals surface area contributed by atoms with Gasteiger partial charge in [0, 0.05) is 18.9 Å². The molecule has 6 atom stereocenters. The molecule has 2 aliphatic carbocycles. The molecule has 264 valence electrons. The molecule has 3 aliphatic rings. The molecule has 1 heterocycles. The number of esters is 1. The van der Waals surface area contributed by atoms with Crippen molar-refractivity contribution < 1.29 is 33.5 Å². The van der Waals surface area contributed by atoms with Crippen LogP contribution in [0.3, 0.4) is 0 Å². The van der Waals surface area contributed by atoms with E-state index >= 15 is 0 Å². The van der Waals surface area contributed by atoms with Crippen LogP contribution in [0.1, 0.15) is 93.1 Å². The zero-order valence-corrected chi connectivity index (χ0v) is 29.8. The van der Waals surface area contributed by atoms with Crippen molar-refractivity contribution in [3.63, 3.8) is 0 Å². The minimum Gasteiger partial charge on any atom is -0.459 e. The van der Waals surface area contributed by atoms with Crippen LogP contribution < -0.4 is 16.4 Å². The molecule has 11 heteroatoms. The Labute approximate surface area is 284 Å². The van der Waals surface area contributed by atoms with Crippen molar-refractivity contribution in [1.82, 2.24) is 15.5 Å². The second-order valence-electron chi connectivity index (χ2n) is 17.0. The van der Waals surface area contributed by atoms with Gasteiger partial charge in [-0.3, -0.25) is 19.2 Å². The van der Waals surface area contributed by atoms with E-state index in [1.54, 1.807) is 4.90 Å². The fourth-order valence-corrected chi connectivity index (χ4v) is 7.27. The van der Waals surface area contributed by atoms with Crippen molar-refractivity contribution in [2.24, 2.45) is 45.7 Å². The summed E-state index contributed by atoms with van der Waals surface area (Å²) >= 11 is 0. The second kappa shape index (κ2) is 14.0. The number of likely N-dealkylation sites (tertiary alicyclic amines) is 1. The minimum absolute atomic E-state index is 0.0579. The third kappa shape index (κ3) is 9.02. The monoisotopic (exact) mass is 666 g/mol. The van der Waals surface area contributed by atoms with Gasteiger partial charge in [0.2, 0.25) is 11.7 Å². The number of piperidine rings is 1. The summed E-state index contributed by atoms with van der Waals surface area (Å²) < 4.78 is 5.56. The average molecular weight is 667 g/mol. The van der Waals surface area contributed by atoms with Gasteiger partial charge in [-0.05, 0) is 52.4 Å². The zero-order chi connectivity index (χ0) is 35.8. The number of amides is 4. The Morgan fingerprint density at radius 3 is 2.15 bits per heavy atom. The van der Waals surface area contributed by atoms with E-state index in [0.29, 0.717) is 25.3 Å². The summed E-state index contributed by atoms with van der Waals surface area (Å²) in [7, 11) is 0. The maximum atomic E-state index is 14.3. The van der Waals surface area contributed by atoms with Crippen LogP contribution in [0.15, 0.2) is 30.3 Å². The largest absolute Gasteiger partial charge is 0.459 e. The van der Waals surface area contributed by atoms with Crippen molar-refractivity contribution in [3.8, 4) is 0 Å². The van der Waals surface area contributed by atoms with E-state index in [0.717, 1.165) is 18.4 Å². The average Bonchev–Trinajstić information content (AvgIpc) is 3.84. The fraction of sp³-hybridized carbons (Fsp3) is 0.676. The lowest BCUT2D eigenvalue weighted by Gasteiger charge is -2.38. The number of hydrogen-bond acceptors (Lipinski definition) is 7. The Bertz CT molecular complexity index is 1410. The highest BCUT2D eigenvalue weighted by Gasteiger charge is 2.69. The summed E-state index contributed by atoms with van der Waals surface area (Å²) in [6.45, 7) is 15.9. The van der Waals surface area contributed by atoms with Gasteiger partial charge in [-0.15, -0.1) is 0 Å². The lowest BCUT2D eigenvalue weighted by molar-refractivity contribution is -0.148. The third-order valence-electron chi connectivity index (χ3n) is 10.2. The number of carbonyl (C=O) groups excluding carboxylic acids is 6. The minimum atomic E-state index is -1.05. The van der Waals surface area contributed by atoms with Crippen molar-refractivity contribution >= 4 is 35.4 Å². The Hall–Kier alpha value is -3.76. The first-order valence-corrected chi connectivity index (χ1v) is 17.1. The van der Waals surface area contributed by atoms with Crippen molar-refractivity contribution in [3.05, 3.63) is 35.9 Å². The summed E-state index contributed by atoms with van der Waals surface area (Å²) in [5.74, 6) is -3.54. The molecule has 0 spiro atoms. The SMILES string of the molecule is CC(C)(C)C[C@H](NC(=O)N[C@H](C(=O)N1C[C@H]2[C@@H]([C@H]1C(=O)CC(CC1CC1)C(=O)C(N)=O)C2(C)C)C(C)(C)C)C(=O)OCc1ccccc1. The molecule has 1 saturated heterocycles. The van der Waals surface area contributed by atoms with Gasteiger partial charge in [0.05, 0.1) is 6.04 Å². The molecule has 48 heavy (non-hydrogen) atoms. The summed E-state index contributed by atoms with van der Waals surface area (Å²) in [6.07, 6.45) is 2.48. The highest BCUT2D eigenvalue weighted by Crippen LogP contribution is 2.65. The summed E-state index contributed by atoms with van der Waals surface area (Å²) in [5, 5.41) is 5.57. The quantitative estimate of drug-likeness (QED) is 0.198. The smallest absolute Gasteiger partial charge is 0.329 e. The van der Waals surface area contributed by atoms with E-state index in [2.05, 4.69) is 24.5 Å². The van der Waals surface area contributed by atoms with Gasteiger partial charge >= 0.3 is 12.0 Å². The maximum absolute atomic E-state index is 14.3. The number of benzene rings is 1. The summed E-state index contributed by atoms with van der Waals surface area (Å²) in [4.78, 5) is 81.1. The molecule has 0 aromatic heterocycles. The maximum Gasteiger partial charge on any atom is 0.329 e. The molecule has 1 aliphatic heterocycles. The number of Topliss-reactive ketones (excluding diaryl/α,β-unsaturated/α-hetero) is 2. The molecule has 0 radical (unpaired) electrons. The van der Waals surface area contributed by atoms with Crippen molar-refractivity contribution in [2.45, 2.75) is 112 Å². The van der Waals surface area contributed by atoms with Gasteiger partial charge in [0.1, 0.15) is 18.7 Å². The predicted molar refractivity (Wildman–Crippen MR) is 180 cm³/mol. The lowest BCUT2D eigenvalue weighted by Crippen LogP contribution is -2.60. The summed E-state index contributed by atoms with van der Waals surface area (Å²) in [5.41, 5.74) is 4.91. The number of hydrogen-bond donors (Lipinski definition) is 3. The number of primary amides is 1. The molecular formula is C37H54N4O7. The molecule has 2 saturated carbocycles. The fourth-order valence-electron chi connectivity index (χ4n) is 7.27. The Morgan fingerprint density at radius 2 is 1.60 bits per heavy atom. The Balaban J connectivity index is 1.50. The highest BCUT2D eigenvalue weighted by molar-refractivity contribution is 6.36. The van der Waals surface area contributed by atoms with Gasteiger partial charge in [0.25, 0.3) is 5.91 Å². The van der Waals surface area contributed by atoms with E-state index in [4.69, 9.17) is 10.5 Å². The van der Waals surface area contributed by atoms with Gasteiger partial charge in [-0.25, -0.2) is 9.59 Å². The normalized spacial score (nSPS) is 23.2. The first kappa shape index (κ1) is 37.1. The van der Waals surface area contributed by atoms with Crippen LogP contribution in [0.4, 0.5) is 4.79 Å². The van der Waals surface area contributed by atoms with E-state index < -0.39 is 59.1 Å². The molecule has 1 aromatic rings. The number of ketones is 2. The van der Waals surface area contributed by atoms with E-state index in [1.807, 2.05) is 71.9 Å². The van der Waals surface area contributed by atoms with E-state index in [1.165, 1.54) is 0 Å². The van der Waals surface area contributed by atoms with Gasteiger partial charge in [0.15, 0.2) is 5.78 Å². The molecule has 0 bridgehead atoms. The van der Waals surface area contributed by atoms with Crippen LogP contribution in [-0.4, -0.2) is 65.0 Å². The van der Waals surface area contributed by atoms with Crippen LogP contribution in [0, 0.1) is 39.9 Å². The number of urea groups is 1. The summed E-state index contributed by atoms with van der Waals surface area (Å²) in [6, 6.07) is 5.78. The van der Waals surface area contributed by atoms with Crippen LogP contribution >= 0.6 is 0 Å². The van der Waals surface area contributed by atoms with E-state index in [-0.39, 0.29) is 41.5 Å². The first-order chi connectivity index (χ1) is 22.2. The molecule has 1 unspecified atom stereocenters. The molecule has 11 nitrogen and oxygen atoms in total. The van der Waals surface area contributed by atoms with Crippen LogP contribution in [0.5, 0.6) is 0 Å². The molecule has 1 aromatic carbocycles. The Morgan fingerprint density at radius 1 is 0.979 bits per heavy atom. The topological polar surface area (TPSA) is 165 Å². The second-order valence-corrected chi connectivity index (χ2v) is 17.0. The number of carbonyl (C=O) groups is 6. The highest BCUT2D eigenvalue weighted by atomic mass is 16.5. The Kier molecular flexibility index (Phi) is 10.8. The molecule has 4 rings (SSSR count). The van der Waals surface area contributed by atoms with Crippen molar-refractivity contribution in [1.29, 1.82) is 0 Å². The predicted octanol–water partition coefficient (Wildman–Crippen LogP) is 4.16. The van der Waals surface area contributed by atoms with E-state index in [9.17, 15) is 28.8 Å². The zero-order valence-electron chi connectivity index (χ0n) is 29.8. The molecule has 4 N–H and O–H groups in total. The van der Waals surface area contributed by atoms with Gasteiger partial charge in [-0.2, -0.15) is 0 Å². The molecule has 4 amide bonds. The first-order valence-electron chi connectivity index (χ1n) is 17.1. The number of nitrogens with zero attached hydrogens (tertiary/aromatic N) is 1. The number of rotatable bonds is 14. The number of nitrogens with one attached hydrogen (secondary N) is 2. The van der Waals surface area contributed by atoms with Crippen LogP contribution in [-0.2, 0) is 35.3 Å². The number of nitrogens with two attached hydrogens (primary N) is 1. The van der Waals surface area contributed by atoms with Crippen LogP contribution in [0.25, 0.3) is 0 Å². The standard InChI is InChI=1S/C37H54N4O7/c1-35(2,3)18-25(33(46)48-20-22-12-10-9-11-13-22)39-34(47)40-30(36(4,5)6)32(45)41-19-24-27(37(24,7)8)28(41)26(42)17-23(16-21-14-15-21)29(43)31(38)44/h9-13,21,23-25,27-28,30H,14-20H2,1-8H3,(H2,38,44)(H2,39,40,47)/t23?,24-,25-,27-,28+,30+/m0/s1. The van der Waals surface area contributed by atoms with Crippen LogP contribution in [0.2, 0.25) is 0 Å².